The van der Waals surface area contributed by atoms with Crippen LogP contribution in [0.3, 0.4) is 0 Å². The van der Waals surface area contributed by atoms with Gasteiger partial charge in [-0.05, 0) is 42.7 Å². The Morgan fingerprint density at radius 1 is 1.16 bits per heavy atom. The SMILES string of the molecule is Cc1c[nH]c2nccc(Oc3ccc(C[C@H](N)C(=O)N4CCN(C(=O)c5cnn(C)c5)CC4)cc3F)c12. The zero-order chi connectivity index (χ0) is 26.1. The van der Waals surface area contributed by atoms with Crippen LogP contribution in [0.1, 0.15) is 21.5 Å². The summed E-state index contributed by atoms with van der Waals surface area (Å²) >= 11 is 0. The smallest absolute Gasteiger partial charge is 0.257 e. The molecule has 2 amide bonds. The second kappa shape index (κ2) is 10.0. The van der Waals surface area contributed by atoms with Crippen molar-refractivity contribution in [2.45, 2.75) is 19.4 Å². The minimum Gasteiger partial charge on any atom is -0.453 e. The lowest BCUT2D eigenvalue weighted by Crippen LogP contribution is -2.54. The zero-order valence-corrected chi connectivity index (χ0v) is 20.6. The van der Waals surface area contributed by atoms with Gasteiger partial charge < -0.3 is 25.3 Å². The summed E-state index contributed by atoms with van der Waals surface area (Å²) in [5.41, 5.74) is 8.92. The van der Waals surface area contributed by atoms with Crippen molar-refractivity contribution in [3.05, 3.63) is 71.6 Å². The number of carbonyl (C=O) groups is 2. The molecule has 4 heterocycles. The number of hydrogen-bond acceptors (Lipinski definition) is 6. The molecule has 1 atom stereocenters. The van der Waals surface area contributed by atoms with Gasteiger partial charge >= 0.3 is 0 Å². The van der Waals surface area contributed by atoms with Gasteiger partial charge in [-0.25, -0.2) is 9.37 Å². The Kier molecular flexibility index (Phi) is 6.62. The average Bonchev–Trinajstić information content (AvgIpc) is 3.51. The molecular weight excluding hydrogens is 477 g/mol. The van der Waals surface area contributed by atoms with Crippen LogP contribution in [0.15, 0.2) is 49.1 Å². The van der Waals surface area contributed by atoms with Crippen LogP contribution in [-0.2, 0) is 18.3 Å². The van der Waals surface area contributed by atoms with Gasteiger partial charge in [-0.1, -0.05) is 6.07 Å². The highest BCUT2D eigenvalue weighted by atomic mass is 19.1. The van der Waals surface area contributed by atoms with Crippen LogP contribution in [0.25, 0.3) is 11.0 Å². The van der Waals surface area contributed by atoms with Gasteiger partial charge in [0.2, 0.25) is 5.91 Å². The fraction of sp³-hybridized carbons (Fsp3) is 0.308. The second-order valence-corrected chi connectivity index (χ2v) is 9.20. The molecule has 1 aliphatic rings. The Labute approximate surface area is 212 Å². The van der Waals surface area contributed by atoms with Crippen molar-refractivity contribution in [1.82, 2.24) is 29.5 Å². The summed E-state index contributed by atoms with van der Waals surface area (Å²) in [6.45, 7) is 3.52. The Morgan fingerprint density at radius 2 is 1.92 bits per heavy atom. The summed E-state index contributed by atoms with van der Waals surface area (Å²) < 4.78 is 22.3. The van der Waals surface area contributed by atoms with Gasteiger partial charge in [-0.15, -0.1) is 0 Å². The molecule has 0 radical (unpaired) electrons. The topological polar surface area (TPSA) is 122 Å². The number of ether oxygens (including phenoxy) is 1. The van der Waals surface area contributed by atoms with Gasteiger partial charge in [-0.2, -0.15) is 5.10 Å². The van der Waals surface area contributed by atoms with E-state index in [1.54, 1.807) is 52.1 Å². The van der Waals surface area contributed by atoms with Crippen LogP contribution in [0, 0.1) is 12.7 Å². The molecule has 0 aliphatic carbocycles. The Hall–Kier alpha value is -4.25. The number of pyridine rings is 1. The Morgan fingerprint density at radius 3 is 2.62 bits per heavy atom. The average molecular weight is 506 g/mol. The number of aromatic nitrogens is 4. The van der Waals surface area contributed by atoms with Crippen LogP contribution in [-0.4, -0.2) is 73.6 Å². The first-order valence-corrected chi connectivity index (χ1v) is 12.0. The van der Waals surface area contributed by atoms with Crippen molar-refractivity contribution in [2.24, 2.45) is 12.8 Å². The number of H-pyrrole nitrogens is 1. The maximum atomic E-state index is 14.9. The predicted molar refractivity (Wildman–Crippen MR) is 135 cm³/mol. The van der Waals surface area contributed by atoms with Crippen molar-refractivity contribution in [3.8, 4) is 11.5 Å². The second-order valence-electron chi connectivity index (χ2n) is 9.20. The van der Waals surface area contributed by atoms with Crippen LogP contribution < -0.4 is 10.5 Å². The summed E-state index contributed by atoms with van der Waals surface area (Å²) in [6, 6.07) is 5.45. The number of piperazine rings is 1. The van der Waals surface area contributed by atoms with Gasteiger partial charge in [-0.3, -0.25) is 14.3 Å². The number of nitrogens with two attached hydrogens (primary N) is 1. The molecule has 1 aromatic carbocycles. The zero-order valence-electron chi connectivity index (χ0n) is 20.6. The lowest BCUT2D eigenvalue weighted by molar-refractivity contribution is -0.134. The summed E-state index contributed by atoms with van der Waals surface area (Å²) in [4.78, 5) is 36.2. The van der Waals surface area contributed by atoms with Crippen molar-refractivity contribution in [3.63, 3.8) is 0 Å². The van der Waals surface area contributed by atoms with E-state index in [-0.39, 0.29) is 24.0 Å². The third-order valence-corrected chi connectivity index (χ3v) is 6.55. The number of halogens is 1. The lowest BCUT2D eigenvalue weighted by atomic mass is 10.0. The van der Waals surface area contributed by atoms with Gasteiger partial charge in [0.25, 0.3) is 5.91 Å². The molecule has 1 fully saturated rings. The minimum absolute atomic E-state index is 0.0751. The van der Waals surface area contributed by atoms with Crippen LogP contribution >= 0.6 is 0 Å². The van der Waals surface area contributed by atoms with E-state index >= 15 is 0 Å². The fourth-order valence-corrected chi connectivity index (χ4v) is 4.56. The third kappa shape index (κ3) is 5.03. The molecule has 3 aromatic heterocycles. The normalized spacial score (nSPS) is 14.7. The molecule has 0 saturated carbocycles. The maximum Gasteiger partial charge on any atom is 0.257 e. The molecular formula is C26H28FN7O3. The number of nitrogens with zero attached hydrogens (tertiary/aromatic N) is 5. The molecule has 0 spiro atoms. The molecule has 1 aliphatic heterocycles. The number of carbonyl (C=O) groups excluding carboxylic acids is 2. The van der Waals surface area contributed by atoms with Crippen LogP contribution in [0.4, 0.5) is 4.39 Å². The van der Waals surface area contributed by atoms with E-state index < -0.39 is 11.9 Å². The van der Waals surface area contributed by atoms with E-state index in [1.807, 2.05) is 13.1 Å². The van der Waals surface area contributed by atoms with E-state index in [0.717, 1.165) is 10.9 Å². The van der Waals surface area contributed by atoms with Gasteiger partial charge in [0.05, 0.1) is 23.2 Å². The molecule has 1 saturated heterocycles. The standard InChI is InChI=1S/C26H28FN7O3/c1-16-13-30-24-23(16)22(5-6-29-24)37-21-4-3-17(11-19(21)27)12-20(28)26(36)34-9-7-33(8-10-34)25(35)18-14-31-32(2)15-18/h3-6,11,13-15,20H,7-10,12,28H2,1-2H3,(H,29,30)/t20-/m0/s1. The summed E-state index contributed by atoms with van der Waals surface area (Å²) in [5.74, 6) is -0.301. The van der Waals surface area contributed by atoms with E-state index in [1.165, 1.54) is 12.3 Å². The van der Waals surface area contributed by atoms with E-state index in [0.29, 0.717) is 48.7 Å². The molecule has 3 N–H and O–H groups in total. The molecule has 0 unspecified atom stereocenters. The molecule has 4 aromatic rings. The van der Waals surface area contributed by atoms with Crippen LogP contribution in [0.5, 0.6) is 11.5 Å². The Bertz CT molecular complexity index is 1460. The Balaban J connectivity index is 1.18. The maximum absolute atomic E-state index is 14.9. The van der Waals surface area contributed by atoms with E-state index in [4.69, 9.17) is 10.5 Å². The van der Waals surface area contributed by atoms with Gasteiger partial charge in [0, 0.05) is 51.8 Å². The van der Waals surface area contributed by atoms with Crippen molar-refractivity contribution in [2.75, 3.05) is 26.2 Å². The number of rotatable bonds is 6. The van der Waals surface area contributed by atoms with Gasteiger partial charge in [0.15, 0.2) is 11.6 Å². The predicted octanol–water partition coefficient (Wildman–Crippen LogP) is 2.39. The lowest BCUT2D eigenvalue weighted by Gasteiger charge is -2.35. The number of fused-ring (bicyclic) bond motifs is 1. The molecule has 0 bridgehead atoms. The molecule has 37 heavy (non-hydrogen) atoms. The third-order valence-electron chi connectivity index (χ3n) is 6.55. The molecule has 10 nitrogen and oxygen atoms in total. The summed E-state index contributed by atoms with van der Waals surface area (Å²) in [6.07, 6.45) is 6.80. The molecule has 11 heteroatoms. The monoisotopic (exact) mass is 505 g/mol. The number of amides is 2. The highest BCUT2D eigenvalue weighted by molar-refractivity contribution is 5.94. The van der Waals surface area contributed by atoms with Crippen molar-refractivity contribution >= 4 is 22.8 Å². The van der Waals surface area contributed by atoms with E-state index in [2.05, 4.69) is 15.1 Å². The first-order valence-electron chi connectivity index (χ1n) is 12.0. The summed E-state index contributed by atoms with van der Waals surface area (Å²) in [5, 5.41) is 4.83. The first-order chi connectivity index (χ1) is 17.8. The van der Waals surface area contributed by atoms with Crippen LogP contribution in [0.2, 0.25) is 0 Å². The number of benzene rings is 1. The number of hydrogen-bond donors (Lipinski definition) is 2. The van der Waals surface area contributed by atoms with Crippen molar-refractivity contribution < 1.29 is 18.7 Å². The highest BCUT2D eigenvalue weighted by Gasteiger charge is 2.28. The number of aromatic amines is 1. The molecule has 192 valence electrons. The quantitative estimate of drug-likeness (QED) is 0.415. The van der Waals surface area contributed by atoms with Crippen molar-refractivity contribution in [1.29, 1.82) is 0 Å². The molecule has 5 rings (SSSR count). The minimum atomic E-state index is -0.825. The fourth-order valence-electron chi connectivity index (χ4n) is 4.56. The highest BCUT2D eigenvalue weighted by Crippen LogP contribution is 2.32. The van der Waals surface area contributed by atoms with E-state index in [9.17, 15) is 14.0 Å². The van der Waals surface area contributed by atoms with Gasteiger partial charge in [0.1, 0.15) is 11.4 Å². The number of nitrogens with one attached hydrogen (secondary N) is 1. The largest absolute Gasteiger partial charge is 0.453 e. The first kappa shape index (κ1) is 24.4. The summed E-state index contributed by atoms with van der Waals surface area (Å²) in [7, 11) is 1.75. The number of aryl methyl sites for hydroxylation is 2.